The number of ether oxygens (including phenoxy) is 2. The van der Waals surface area contributed by atoms with Crippen LogP contribution < -0.4 is 0 Å². The van der Waals surface area contributed by atoms with Gasteiger partial charge in [-0.2, -0.15) is 0 Å². The highest BCUT2D eigenvalue weighted by molar-refractivity contribution is 5.70. The van der Waals surface area contributed by atoms with Gasteiger partial charge in [0.2, 0.25) is 0 Å². The molecule has 7 rings (SSSR count). The number of aliphatic hydroxyl groups is 8. The Bertz CT molecular complexity index is 2400. The predicted octanol–water partition coefficient (Wildman–Crippen LogP) is 11.3. The predicted molar refractivity (Wildman–Crippen MR) is 336 cm³/mol. The summed E-state index contributed by atoms with van der Waals surface area (Å²) >= 11 is 0. The molecule has 1 aliphatic heterocycles. The molecular weight excluding hydrogens is 1090 g/mol. The van der Waals surface area contributed by atoms with Gasteiger partial charge in [-0.1, -0.05) is 127 Å². The normalized spacial score (nSPS) is 27.1. The number of hydrogen-bond donors (Lipinski definition) is 9. The number of benzene rings is 3. The lowest BCUT2D eigenvalue weighted by atomic mass is 9.85. The van der Waals surface area contributed by atoms with Crippen LogP contribution in [0.2, 0.25) is 0 Å². The van der Waals surface area contributed by atoms with Gasteiger partial charge in [-0.05, 0) is 208 Å². The Kier molecular flexibility index (Phi) is 33.8. The summed E-state index contributed by atoms with van der Waals surface area (Å²) in [6.45, 7) is 3.69. The molecule has 14 heteroatoms. The summed E-state index contributed by atoms with van der Waals surface area (Å²) in [6.07, 6.45) is 26.4. The summed E-state index contributed by atoms with van der Waals surface area (Å²) in [6, 6.07) is 30.4. The summed E-state index contributed by atoms with van der Waals surface area (Å²) in [5.74, 6) is -0.853. The lowest BCUT2D eigenvalue weighted by Gasteiger charge is -2.26. The highest BCUT2D eigenvalue weighted by Crippen LogP contribution is 2.42. The summed E-state index contributed by atoms with van der Waals surface area (Å²) in [4.78, 5) is 34.0. The quantitative estimate of drug-likeness (QED) is 0.0165. The Morgan fingerprint density at radius 3 is 1.41 bits per heavy atom. The Morgan fingerprint density at radius 2 is 0.965 bits per heavy atom. The molecule has 478 valence electrons. The molecule has 9 N–H and O–H groups in total. The van der Waals surface area contributed by atoms with Crippen LogP contribution in [0.1, 0.15) is 185 Å². The van der Waals surface area contributed by atoms with Gasteiger partial charge in [0.05, 0.1) is 54.9 Å². The molecule has 86 heavy (non-hydrogen) atoms. The van der Waals surface area contributed by atoms with E-state index < -0.39 is 48.7 Å². The van der Waals surface area contributed by atoms with Gasteiger partial charge in [0, 0.05) is 31.6 Å². The molecule has 3 aromatic carbocycles. The van der Waals surface area contributed by atoms with Gasteiger partial charge in [0.15, 0.2) is 0 Å². The number of carbonyl (C=O) groups is 3. The molecule has 0 aromatic heterocycles. The number of aryl methyl sites for hydroxylation is 3. The van der Waals surface area contributed by atoms with Gasteiger partial charge in [0.1, 0.15) is 6.10 Å². The average molecular weight is 1200 g/mol. The third-order valence-corrected chi connectivity index (χ3v) is 18.0. The van der Waals surface area contributed by atoms with Crippen LogP contribution in [0.4, 0.5) is 0 Å². The zero-order valence-corrected chi connectivity index (χ0v) is 51.5. The van der Waals surface area contributed by atoms with E-state index in [9.17, 15) is 55.2 Å². The third kappa shape index (κ3) is 27.6. The van der Waals surface area contributed by atoms with Crippen molar-refractivity contribution in [3.8, 4) is 0 Å². The Balaban J connectivity index is 0.000000236. The van der Waals surface area contributed by atoms with Crippen molar-refractivity contribution >= 4 is 17.9 Å². The van der Waals surface area contributed by atoms with Crippen LogP contribution in [0.25, 0.3) is 0 Å². The number of hydrogen-bond acceptors (Lipinski definition) is 13. The maximum atomic E-state index is 12.0. The molecular formula is C72H106O14. The summed E-state index contributed by atoms with van der Waals surface area (Å²) < 4.78 is 10.8. The fraction of sp³-hybridized carbons (Fsp3) is 0.625. The smallest absolute Gasteiger partial charge is 0.306 e. The lowest BCUT2D eigenvalue weighted by Crippen LogP contribution is -2.26. The minimum absolute atomic E-state index is 0.00652. The van der Waals surface area contributed by atoms with Gasteiger partial charge in [-0.3, -0.25) is 14.4 Å². The van der Waals surface area contributed by atoms with Crippen molar-refractivity contribution in [2.24, 2.45) is 35.5 Å². The number of unbranched alkanes of at least 4 members (excludes halogenated alkanes) is 2. The number of esters is 2. The van der Waals surface area contributed by atoms with Crippen LogP contribution in [0.3, 0.4) is 0 Å². The van der Waals surface area contributed by atoms with Crippen molar-refractivity contribution in [2.75, 3.05) is 0 Å². The van der Waals surface area contributed by atoms with E-state index in [4.69, 9.17) is 14.6 Å². The van der Waals surface area contributed by atoms with Crippen LogP contribution in [0.5, 0.6) is 0 Å². The molecule has 15 atom stereocenters. The Labute approximate surface area is 513 Å². The summed E-state index contributed by atoms with van der Waals surface area (Å²) in [5, 5.41) is 91.7. The molecule has 14 nitrogen and oxygen atoms in total. The number of rotatable bonds is 31. The standard InChI is InChI=1S/C26H40O5.C23H34O5.C23H32O4/c1-19(2)31-26(30)13-9-4-3-8-12-22-23(25(29)18-24(22)28)17-16-21(27)15-14-20-10-6-5-7-11-20;24-18(13-12-17-8-4-3-5-9-17)14-15-20-19(21(25)16-22(20)26)10-6-1-2-7-11-23(27)28;24-18(13-12-17-8-4-3-5-9-17)14-15-19-20-10-6-1-2-7-11-23(26)27-22(20)16-21(19)25/h3,5-8,10-11,19,21-25,27-29H,4,9,12-18H2,1-2H3;1,3-6,8-9,18-22,24-26H,2,7,10-16H2,(H,27,28);1,3-6,8-9,18-22,24-25H,2,7,10-16H2/b8-3-;2*6-1-/t21-,22+,23+,24-,25+;18-,19+,20+,21-,22+;18-,19+,20+,21+,22-/m000/s1. The fourth-order valence-corrected chi connectivity index (χ4v) is 13.1. The maximum Gasteiger partial charge on any atom is 0.306 e. The molecule has 3 aromatic rings. The lowest BCUT2D eigenvalue weighted by molar-refractivity contribution is -0.151. The second-order valence-corrected chi connectivity index (χ2v) is 25.1. The zero-order chi connectivity index (χ0) is 62.1. The molecule has 0 spiro atoms. The Morgan fingerprint density at radius 1 is 0.547 bits per heavy atom. The van der Waals surface area contributed by atoms with Crippen molar-refractivity contribution in [2.45, 2.75) is 248 Å². The van der Waals surface area contributed by atoms with Crippen molar-refractivity contribution in [3.63, 3.8) is 0 Å². The second-order valence-electron chi connectivity index (χ2n) is 25.1. The Hall–Kier alpha value is -5.03. The van der Waals surface area contributed by atoms with Gasteiger partial charge >= 0.3 is 17.9 Å². The first-order chi connectivity index (χ1) is 41.5. The first-order valence-corrected chi connectivity index (χ1v) is 32.6. The van der Waals surface area contributed by atoms with Crippen LogP contribution in [0.15, 0.2) is 127 Å². The van der Waals surface area contributed by atoms with Crippen LogP contribution in [-0.4, -0.2) is 125 Å². The third-order valence-electron chi connectivity index (χ3n) is 18.0. The minimum atomic E-state index is -0.784. The highest BCUT2D eigenvalue weighted by Gasteiger charge is 2.44. The van der Waals surface area contributed by atoms with E-state index in [1.807, 2.05) is 86.7 Å². The van der Waals surface area contributed by atoms with Crippen molar-refractivity contribution in [3.05, 3.63) is 144 Å². The van der Waals surface area contributed by atoms with E-state index in [1.54, 1.807) is 0 Å². The molecule has 1 heterocycles. The average Bonchev–Trinajstić information content (AvgIpc) is 3.28. The molecule has 3 fully saturated rings. The molecule has 4 aliphatic rings. The van der Waals surface area contributed by atoms with Crippen LogP contribution >= 0.6 is 0 Å². The molecule has 3 aliphatic carbocycles. The van der Waals surface area contributed by atoms with Crippen molar-refractivity contribution in [1.29, 1.82) is 0 Å². The number of allylic oxidation sites excluding steroid dienone is 6. The highest BCUT2D eigenvalue weighted by atomic mass is 16.5. The fourth-order valence-electron chi connectivity index (χ4n) is 13.1. The van der Waals surface area contributed by atoms with Gasteiger partial charge in [-0.15, -0.1) is 0 Å². The summed E-state index contributed by atoms with van der Waals surface area (Å²) in [7, 11) is 0. The number of aliphatic hydroxyl groups excluding tert-OH is 8. The topological polar surface area (TPSA) is 252 Å². The van der Waals surface area contributed by atoms with E-state index in [-0.39, 0.29) is 72.2 Å². The second kappa shape index (κ2) is 40.5. The largest absolute Gasteiger partial charge is 0.481 e. The first kappa shape index (κ1) is 71.7. The molecule has 0 unspecified atom stereocenters. The van der Waals surface area contributed by atoms with E-state index in [2.05, 4.69) is 54.6 Å². The molecule has 0 amide bonds. The van der Waals surface area contributed by atoms with E-state index in [0.29, 0.717) is 103 Å². The van der Waals surface area contributed by atoms with E-state index in [1.165, 1.54) is 16.7 Å². The van der Waals surface area contributed by atoms with Crippen LogP contribution in [-0.2, 0) is 43.1 Å². The first-order valence-electron chi connectivity index (χ1n) is 32.6. The van der Waals surface area contributed by atoms with E-state index >= 15 is 0 Å². The van der Waals surface area contributed by atoms with E-state index in [0.717, 1.165) is 64.2 Å². The van der Waals surface area contributed by atoms with Crippen molar-refractivity contribution < 1.29 is 69.8 Å². The minimum Gasteiger partial charge on any atom is -0.481 e. The molecule has 3 saturated carbocycles. The summed E-state index contributed by atoms with van der Waals surface area (Å²) in [5.41, 5.74) is 3.67. The maximum absolute atomic E-state index is 12.0. The zero-order valence-electron chi connectivity index (χ0n) is 51.5. The number of aliphatic carboxylic acids is 1. The molecule has 0 radical (unpaired) electrons. The number of fused-ring (bicyclic) bond motifs is 1. The SMILES string of the molecule is CC(C)OC(=O)CCC/C=C\C[C@@H]1[C@@H](CC[C@@H](O)CCc2ccccc2)[C@H](O)C[C@@H]1O.O=C(O)CCC/C=C\C[C@@H]1[C@@H](CC[C@@H](O)CCc2ccccc2)[C@H](O)C[C@@H]1O.O=C1CCC/C=C\C[C@@H]2[C@@H](CC[C@@H](O)CCc3ccccc3)[C@H](O)C[C@@H]2O1. The van der Waals surface area contributed by atoms with Gasteiger partial charge in [-0.25, -0.2) is 0 Å². The van der Waals surface area contributed by atoms with Crippen LogP contribution in [0, 0.1) is 35.5 Å². The van der Waals surface area contributed by atoms with Crippen molar-refractivity contribution in [1.82, 2.24) is 0 Å². The number of carboxylic acids is 1. The van der Waals surface area contributed by atoms with Gasteiger partial charge < -0.3 is 55.4 Å². The number of carboxylic acid groups (broad SMARTS) is 1. The molecule has 0 saturated heterocycles. The molecule has 0 bridgehead atoms. The monoisotopic (exact) mass is 1190 g/mol. The number of carbonyl (C=O) groups excluding carboxylic acids is 2. The van der Waals surface area contributed by atoms with Gasteiger partial charge in [0.25, 0.3) is 0 Å².